The number of imidazole rings is 1. The summed E-state index contributed by atoms with van der Waals surface area (Å²) in [6.07, 6.45) is 11.3. The molecule has 0 aliphatic heterocycles. The van der Waals surface area contributed by atoms with E-state index in [1.807, 2.05) is 38.4 Å². The standard InChI is InChI=1S/C19H33N5.C9H13N/c1-5-8-16(20)11-12-21-15(4)23-19-18(14(2)3)22-13-24(19)17-9-6-7-10-17;1-2-8-10-9-6-4-3-5-7-9/h13,16-17H,2,5-12,20H2,1,3-4H3,(H,21,23);3-7,10H,2,8H2,1H3. The van der Waals surface area contributed by atoms with Gasteiger partial charge in [-0.15, -0.1) is 0 Å². The van der Waals surface area contributed by atoms with Crippen LogP contribution >= 0.6 is 0 Å². The minimum absolute atomic E-state index is 0.251. The van der Waals surface area contributed by atoms with Gasteiger partial charge in [0.1, 0.15) is 11.5 Å². The highest BCUT2D eigenvalue weighted by molar-refractivity contribution is 5.94. The summed E-state index contributed by atoms with van der Waals surface area (Å²) in [7, 11) is 0. The van der Waals surface area contributed by atoms with Gasteiger partial charge in [0.05, 0.1) is 12.2 Å². The lowest BCUT2D eigenvalue weighted by Crippen LogP contribution is -2.21. The predicted molar refractivity (Wildman–Crippen MR) is 149 cm³/mol. The number of anilines is 2. The Bertz CT molecular complexity index is 864. The summed E-state index contributed by atoms with van der Waals surface area (Å²) < 4.78 is 2.28. The van der Waals surface area contributed by atoms with E-state index < -0.39 is 0 Å². The Labute approximate surface area is 207 Å². The summed E-state index contributed by atoms with van der Waals surface area (Å²) in [5, 5.41) is 6.77. The van der Waals surface area contributed by atoms with Crippen molar-refractivity contribution in [1.82, 2.24) is 9.55 Å². The van der Waals surface area contributed by atoms with E-state index >= 15 is 0 Å². The lowest BCUT2D eigenvalue weighted by Gasteiger charge is -2.17. The molecule has 1 aromatic carbocycles. The molecule has 1 aromatic heterocycles. The molecule has 6 heteroatoms. The van der Waals surface area contributed by atoms with Gasteiger partial charge in [-0.3, -0.25) is 4.99 Å². The van der Waals surface area contributed by atoms with Crippen LogP contribution in [-0.2, 0) is 0 Å². The number of para-hydroxylation sites is 1. The quantitative estimate of drug-likeness (QED) is 0.249. The zero-order chi connectivity index (χ0) is 24.8. The van der Waals surface area contributed by atoms with Gasteiger partial charge in [0.25, 0.3) is 0 Å². The summed E-state index contributed by atoms with van der Waals surface area (Å²) in [4.78, 5) is 9.22. The van der Waals surface area contributed by atoms with E-state index in [2.05, 4.69) is 57.7 Å². The molecule has 1 fully saturated rings. The van der Waals surface area contributed by atoms with E-state index in [0.29, 0.717) is 6.04 Å². The van der Waals surface area contributed by atoms with Gasteiger partial charge in [0.2, 0.25) is 0 Å². The Morgan fingerprint density at radius 3 is 2.47 bits per heavy atom. The van der Waals surface area contributed by atoms with Gasteiger partial charge in [-0.25, -0.2) is 4.98 Å². The number of allylic oxidation sites excluding steroid dienone is 1. The Balaban J connectivity index is 0.000000340. The van der Waals surface area contributed by atoms with Crippen LogP contribution in [0.25, 0.3) is 5.57 Å². The van der Waals surface area contributed by atoms with E-state index in [-0.39, 0.29) is 6.04 Å². The number of aliphatic imine (C=N–C) groups is 1. The van der Waals surface area contributed by atoms with Crippen LogP contribution < -0.4 is 16.4 Å². The number of nitrogens with one attached hydrogen (secondary N) is 2. The smallest absolute Gasteiger partial charge is 0.139 e. The monoisotopic (exact) mass is 466 g/mol. The molecule has 1 heterocycles. The van der Waals surface area contributed by atoms with Gasteiger partial charge in [-0.2, -0.15) is 0 Å². The summed E-state index contributed by atoms with van der Waals surface area (Å²) in [6.45, 7) is 14.2. The summed E-state index contributed by atoms with van der Waals surface area (Å²) in [5.41, 5.74) is 9.20. The molecule has 0 amide bonds. The molecule has 3 rings (SSSR count). The van der Waals surface area contributed by atoms with Gasteiger partial charge in [0.15, 0.2) is 0 Å². The number of hydrogen-bond donors (Lipinski definition) is 3. The van der Waals surface area contributed by atoms with E-state index in [0.717, 1.165) is 55.3 Å². The van der Waals surface area contributed by atoms with Crippen LogP contribution in [-0.4, -0.2) is 34.5 Å². The molecule has 0 saturated heterocycles. The number of hydrogen-bond acceptors (Lipinski definition) is 4. The zero-order valence-electron chi connectivity index (χ0n) is 21.8. The highest BCUT2D eigenvalue weighted by Gasteiger charge is 2.22. The van der Waals surface area contributed by atoms with Gasteiger partial charge in [0, 0.05) is 30.9 Å². The number of nitrogens with two attached hydrogens (primary N) is 1. The van der Waals surface area contributed by atoms with Crippen molar-refractivity contribution in [2.75, 3.05) is 23.7 Å². The largest absolute Gasteiger partial charge is 0.385 e. The van der Waals surface area contributed by atoms with Crippen LogP contribution in [0.3, 0.4) is 0 Å². The SMILES string of the molecule is C=C(C)c1ncn(C2CCCC2)c1NC(C)=NCCC(N)CCC.CCCNc1ccccc1. The van der Waals surface area contributed by atoms with Crippen LogP contribution in [0.15, 0.2) is 48.2 Å². The summed E-state index contributed by atoms with van der Waals surface area (Å²) >= 11 is 0. The lowest BCUT2D eigenvalue weighted by atomic mass is 10.1. The van der Waals surface area contributed by atoms with Crippen LogP contribution in [0.4, 0.5) is 11.5 Å². The Morgan fingerprint density at radius 2 is 1.85 bits per heavy atom. The minimum atomic E-state index is 0.251. The molecule has 1 atom stereocenters. The Kier molecular flexibility index (Phi) is 12.5. The highest BCUT2D eigenvalue weighted by Crippen LogP contribution is 2.34. The average Bonchev–Trinajstić information content (AvgIpc) is 3.49. The second-order valence-electron chi connectivity index (χ2n) is 9.29. The third kappa shape index (κ3) is 9.34. The zero-order valence-corrected chi connectivity index (χ0v) is 21.8. The van der Waals surface area contributed by atoms with Gasteiger partial charge in [-0.05, 0) is 63.7 Å². The van der Waals surface area contributed by atoms with E-state index in [1.54, 1.807) is 0 Å². The summed E-state index contributed by atoms with van der Waals surface area (Å²) in [6, 6.07) is 11.1. The van der Waals surface area contributed by atoms with Gasteiger partial charge in [-0.1, -0.05) is 57.9 Å². The second-order valence-corrected chi connectivity index (χ2v) is 9.29. The number of amidine groups is 1. The fourth-order valence-electron chi connectivity index (χ4n) is 4.21. The van der Waals surface area contributed by atoms with Crippen molar-refractivity contribution in [2.45, 2.75) is 91.1 Å². The van der Waals surface area contributed by atoms with Crippen molar-refractivity contribution in [1.29, 1.82) is 0 Å². The maximum Gasteiger partial charge on any atom is 0.139 e. The van der Waals surface area contributed by atoms with Gasteiger partial charge >= 0.3 is 0 Å². The van der Waals surface area contributed by atoms with Crippen LogP contribution in [0.5, 0.6) is 0 Å². The van der Waals surface area contributed by atoms with Gasteiger partial charge < -0.3 is 20.9 Å². The predicted octanol–water partition coefficient (Wildman–Crippen LogP) is 6.89. The molecule has 0 spiro atoms. The fraction of sp³-hybridized carbons (Fsp3) is 0.571. The fourth-order valence-corrected chi connectivity index (χ4v) is 4.21. The molecular weight excluding hydrogens is 420 g/mol. The maximum absolute atomic E-state index is 6.06. The first kappa shape index (κ1) is 27.6. The number of rotatable bonds is 11. The Morgan fingerprint density at radius 1 is 1.15 bits per heavy atom. The normalized spacial score (nSPS) is 14.9. The van der Waals surface area contributed by atoms with Crippen LogP contribution in [0.2, 0.25) is 0 Å². The first-order valence-electron chi connectivity index (χ1n) is 13.0. The highest BCUT2D eigenvalue weighted by atomic mass is 15.2. The topological polar surface area (TPSA) is 80.3 Å². The molecule has 2 aromatic rings. The van der Waals surface area contributed by atoms with Crippen molar-refractivity contribution < 1.29 is 0 Å². The van der Waals surface area contributed by atoms with Crippen molar-refractivity contribution in [3.8, 4) is 0 Å². The molecule has 6 nitrogen and oxygen atoms in total. The molecule has 1 saturated carbocycles. The lowest BCUT2D eigenvalue weighted by molar-refractivity contribution is 0.524. The van der Waals surface area contributed by atoms with Crippen molar-refractivity contribution in [2.24, 2.45) is 10.7 Å². The molecule has 0 bridgehead atoms. The summed E-state index contributed by atoms with van der Waals surface area (Å²) in [5.74, 6) is 1.95. The molecular formula is C28H46N6. The van der Waals surface area contributed by atoms with E-state index in [9.17, 15) is 0 Å². The molecule has 34 heavy (non-hydrogen) atoms. The van der Waals surface area contributed by atoms with Crippen molar-refractivity contribution >= 4 is 22.9 Å². The third-order valence-corrected chi connectivity index (χ3v) is 6.08. The molecule has 4 N–H and O–H groups in total. The molecule has 188 valence electrons. The van der Waals surface area contributed by atoms with E-state index in [1.165, 1.54) is 37.8 Å². The molecule has 1 unspecified atom stereocenters. The first-order valence-corrected chi connectivity index (χ1v) is 13.0. The average molecular weight is 467 g/mol. The third-order valence-electron chi connectivity index (χ3n) is 6.08. The van der Waals surface area contributed by atoms with Crippen molar-refractivity contribution in [3.63, 3.8) is 0 Å². The number of nitrogens with zero attached hydrogens (tertiary/aromatic N) is 3. The molecule has 1 aliphatic carbocycles. The first-order chi connectivity index (χ1) is 16.5. The Hall–Kier alpha value is -2.60. The molecule has 0 radical (unpaired) electrons. The number of aromatic nitrogens is 2. The molecule has 1 aliphatic rings. The van der Waals surface area contributed by atoms with Crippen molar-refractivity contribution in [3.05, 3.63) is 48.9 Å². The maximum atomic E-state index is 6.06. The second kappa shape index (κ2) is 15.3. The van der Waals surface area contributed by atoms with Crippen LogP contribution in [0.1, 0.15) is 90.8 Å². The van der Waals surface area contributed by atoms with E-state index in [4.69, 9.17) is 5.73 Å². The minimum Gasteiger partial charge on any atom is -0.385 e. The van der Waals surface area contributed by atoms with Crippen LogP contribution in [0, 0.1) is 0 Å². The number of benzene rings is 1.